The van der Waals surface area contributed by atoms with E-state index >= 15 is 0 Å². The highest BCUT2D eigenvalue weighted by Crippen LogP contribution is 2.23. The number of amides is 1. The first kappa shape index (κ1) is 14.1. The Labute approximate surface area is 119 Å². The number of thiazole rings is 1. The van der Waals surface area contributed by atoms with Crippen molar-refractivity contribution < 1.29 is 9.72 Å². The molecular formula is C13H13N3O3S. The lowest BCUT2D eigenvalue weighted by Crippen LogP contribution is -2.41. The van der Waals surface area contributed by atoms with E-state index in [1.165, 1.54) is 23.5 Å². The number of nitrogens with one attached hydrogen (secondary N) is 1. The number of nitrogens with zero attached hydrogens (tertiary/aromatic N) is 2. The van der Waals surface area contributed by atoms with Crippen LogP contribution in [0.25, 0.3) is 0 Å². The van der Waals surface area contributed by atoms with Crippen LogP contribution in [-0.2, 0) is 5.54 Å². The number of carbonyl (C=O) groups excluding carboxylic acids is 1. The Balaban J connectivity index is 2.17. The Kier molecular flexibility index (Phi) is 3.80. The fourth-order valence-electron chi connectivity index (χ4n) is 1.74. The molecule has 2 aromatic rings. The molecule has 1 heterocycles. The molecule has 1 aromatic heterocycles. The van der Waals surface area contributed by atoms with Crippen LogP contribution in [-0.4, -0.2) is 15.8 Å². The Hall–Kier alpha value is -2.28. The normalized spacial score (nSPS) is 11.1. The molecule has 0 bridgehead atoms. The summed E-state index contributed by atoms with van der Waals surface area (Å²) in [5.41, 5.74) is 2.12. The van der Waals surface area contributed by atoms with Gasteiger partial charge in [0.15, 0.2) is 0 Å². The SMILES string of the molecule is CC(C)(NC(=O)c1cscn1)c1ccc([N+](=O)[O-])cc1. The van der Waals surface area contributed by atoms with Gasteiger partial charge in [-0.25, -0.2) is 4.98 Å². The molecule has 2 rings (SSSR count). The molecule has 104 valence electrons. The molecule has 0 spiro atoms. The van der Waals surface area contributed by atoms with Crippen LogP contribution in [0, 0.1) is 10.1 Å². The summed E-state index contributed by atoms with van der Waals surface area (Å²) < 4.78 is 0. The van der Waals surface area contributed by atoms with Crippen molar-refractivity contribution in [2.75, 3.05) is 0 Å². The summed E-state index contributed by atoms with van der Waals surface area (Å²) in [7, 11) is 0. The minimum Gasteiger partial charge on any atom is -0.342 e. The highest BCUT2D eigenvalue weighted by Gasteiger charge is 2.24. The van der Waals surface area contributed by atoms with Crippen LogP contribution in [0.15, 0.2) is 35.2 Å². The monoisotopic (exact) mass is 291 g/mol. The minimum absolute atomic E-state index is 0.0235. The highest BCUT2D eigenvalue weighted by atomic mass is 32.1. The predicted molar refractivity (Wildman–Crippen MR) is 75.7 cm³/mol. The fraction of sp³-hybridized carbons (Fsp3) is 0.231. The molecule has 20 heavy (non-hydrogen) atoms. The first-order chi connectivity index (χ1) is 9.40. The zero-order valence-corrected chi connectivity index (χ0v) is 11.8. The fourth-order valence-corrected chi connectivity index (χ4v) is 2.28. The molecule has 0 unspecified atom stereocenters. The number of carbonyl (C=O) groups is 1. The standard InChI is InChI=1S/C13H13N3O3S/c1-13(2,15-12(17)11-7-20-8-14-11)9-3-5-10(6-4-9)16(18)19/h3-8H,1-2H3,(H,15,17). The molecule has 1 amide bonds. The van der Waals surface area contributed by atoms with Crippen LogP contribution in [0.4, 0.5) is 5.69 Å². The zero-order valence-electron chi connectivity index (χ0n) is 11.0. The van der Waals surface area contributed by atoms with Crippen molar-refractivity contribution in [3.8, 4) is 0 Å². The molecule has 6 nitrogen and oxygen atoms in total. The van der Waals surface area contributed by atoms with Crippen molar-refractivity contribution in [2.45, 2.75) is 19.4 Å². The van der Waals surface area contributed by atoms with Gasteiger partial charge in [-0.2, -0.15) is 0 Å². The molecule has 0 saturated carbocycles. The number of hydrogen-bond donors (Lipinski definition) is 1. The van der Waals surface area contributed by atoms with E-state index in [0.29, 0.717) is 5.69 Å². The van der Waals surface area contributed by atoms with Gasteiger partial charge in [-0.3, -0.25) is 14.9 Å². The van der Waals surface area contributed by atoms with Crippen LogP contribution in [0.5, 0.6) is 0 Å². The van der Waals surface area contributed by atoms with Gasteiger partial charge < -0.3 is 5.32 Å². The Bertz CT molecular complexity index is 621. The molecule has 0 aliphatic rings. The van der Waals surface area contributed by atoms with Gasteiger partial charge in [-0.1, -0.05) is 0 Å². The second kappa shape index (κ2) is 5.38. The van der Waals surface area contributed by atoms with E-state index < -0.39 is 10.5 Å². The molecule has 0 aliphatic heterocycles. The molecule has 7 heteroatoms. The van der Waals surface area contributed by atoms with Crippen LogP contribution in [0.2, 0.25) is 0 Å². The first-order valence-electron chi connectivity index (χ1n) is 5.86. The molecule has 0 radical (unpaired) electrons. The average molecular weight is 291 g/mol. The second-order valence-corrected chi connectivity index (χ2v) is 5.48. The van der Waals surface area contributed by atoms with Gasteiger partial charge in [0.1, 0.15) is 5.69 Å². The summed E-state index contributed by atoms with van der Waals surface area (Å²) in [4.78, 5) is 26.1. The van der Waals surface area contributed by atoms with E-state index in [4.69, 9.17) is 0 Å². The topological polar surface area (TPSA) is 85.1 Å². The molecule has 0 fully saturated rings. The summed E-state index contributed by atoms with van der Waals surface area (Å²) in [6, 6.07) is 6.12. The molecular weight excluding hydrogens is 278 g/mol. The van der Waals surface area contributed by atoms with Crippen molar-refractivity contribution in [1.29, 1.82) is 0 Å². The molecule has 0 atom stereocenters. The van der Waals surface area contributed by atoms with Crippen molar-refractivity contribution in [3.05, 3.63) is 56.5 Å². The maximum absolute atomic E-state index is 12.0. The summed E-state index contributed by atoms with van der Waals surface area (Å²) in [5, 5.41) is 15.2. The lowest BCUT2D eigenvalue weighted by molar-refractivity contribution is -0.384. The number of hydrogen-bond acceptors (Lipinski definition) is 5. The number of nitro groups is 1. The van der Waals surface area contributed by atoms with Gasteiger partial charge in [0.25, 0.3) is 11.6 Å². The number of rotatable bonds is 4. The molecule has 0 saturated heterocycles. The summed E-state index contributed by atoms with van der Waals surface area (Å²) in [6.07, 6.45) is 0. The van der Waals surface area contributed by atoms with Gasteiger partial charge in [0, 0.05) is 17.5 Å². The second-order valence-electron chi connectivity index (χ2n) is 4.76. The summed E-state index contributed by atoms with van der Waals surface area (Å²) in [5.74, 6) is -0.269. The van der Waals surface area contributed by atoms with E-state index in [-0.39, 0.29) is 11.6 Å². The summed E-state index contributed by atoms with van der Waals surface area (Å²) >= 11 is 1.35. The minimum atomic E-state index is -0.643. The lowest BCUT2D eigenvalue weighted by atomic mass is 9.94. The van der Waals surface area contributed by atoms with Gasteiger partial charge in [0.2, 0.25) is 0 Å². The maximum Gasteiger partial charge on any atom is 0.271 e. The zero-order chi connectivity index (χ0) is 14.8. The Morgan fingerprint density at radius 3 is 2.50 bits per heavy atom. The third-order valence-corrected chi connectivity index (χ3v) is 3.48. The average Bonchev–Trinajstić information content (AvgIpc) is 2.92. The third-order valence-electron chi connectivity index (χ3n) is 2.89. The van der Waals surface area contributed by atoms with E-state index in [2.05, 4.69) is 10.3 Å². The van der Waals surface area contributed by atoms with Crippen LogP contribution in [0.1, 0.15) is 29.9 Å². The lowest BCUT2D eigenvalue weighted by Gasteiger charge is -2.26. The number of aromatic nitrogens is 1. The molecule has 0 aliphatic carbocycles. The van der Waals surface area contributed by atoms with Crippen molar-refractivity contribution in [1.82, 2.24) is 10.3 Å². The van der Waals surface area contributed by atoms with Gasteiger partial charge in [-0.15, -0.1) is 11.3 Å². The van der Waals surface area contributed by atoms with Crippen molar-refractivity contribution in [3.63, 3.8) is 0 Å². The van der Waals surface area contributed by atoms with Gasteiger partial charge in [0.05, 0.1) is 16.0 Å². The highest BCUT2D eigenvalue weighted by molar-refractivity contribution is 7.07. The molecule has 1 N–H and O–H groups in total. The van der Waals surface area contributed by atoms with E-state index in [1.807, 2.05) is 13.8 Å². The largest absolute Gasteiger partial charge is 0.342 e. The van der Waals surface area contributed by atoms with Crippen molar-refractivity contribution in [2.24, 2.45) is 0 Å². The van der Waals surface area contributed by atoms with Crippen LogP contribution in [0.3, 0.4) is 0 Å². The Morgan fingerprint density at radius 1 is 1.35 bits per heavy atom. The number of nitro benzene ring substituents is 1. The maximum atomic E-state index is 12.0. The van der Waals surface area contributed by atoms with Crippen LogP contribution >= 0.6 is 11.3 Å². The van der Waals surface area contributed by atoms with Crippen molar-refractivity contribution >= 4 is 22.9 Å². The summed E-state index contributed by atoms with van der Waals surface area (Å²) in [6.45, 7) is 3.66. The van der Waals surface area contributed by atoms with Crippen LogP contribution < -0.4 is 5.32 Å². The van der Waals surface area contributed by atoms with E-state index in [0.717, 1.165) is 5.56 Å². The predicted octanol–water partition coefficient (Wildman–Crippen LogP) is 2.72. The third kappa shape index (κ3) is 3.00. The number of benzene rings is 1. The first-order valence-corrected chi connectivity index (χ1v) is 6.80. The van der Waals surface area contributed by atoms with E-state index in [9.17, 15) is 14.9 Å². The smallest absolute Gasteiger partial charge is 0.271 e. The number of non-ortho nitro benzene ring substituents is 1. The molecule has 1 aromatic carbocycles. The van der Waals surface area contributed by atoms with E-state index in [1.54, 1.807) is 23.0 Å². The van der Waals surface area contributed by atoms with Gasteiger partial charge >= 0.3 is 0 Å². The Morgan fingerprint density at radius 2 is 2.00 bits per heavy atom. The quantitative estimate of drug-likeness (QED) is 0.693. The van der Waals surface area contributed by atoms with Gasteiger partial charge in [-0.05, 0) is 31.5 Å².